The van der Waals surface area contributed by atoms with Crippen molar-refractivity contribution in [1.82, 2.24) is 15.0 Å². The minimum Gasteiger partial charge on any atom is -0.360 e. The summed E-state index contributed by atoms with van der Waals surface area (Å²) in [7, 11) is 0. The third-order valence-electron chi connectivity index (χ3n) is 5.46. The predicted molar refractivity (Wildman–Crippen MR) is 105 cm³/mol. The number of anilines is 1. The third-order valence-corrected chi connectivity index (χ3v) is 5.46. The highest BCUT2D eigenvalue weighted by atomic mass is 16.5. The molecule has 2 saturated heterocycles. The monoisotopic (exact) mass is 382 g/mol. The van der Waals surface area contributed by atoms with E-state index < -0.39 is 0 Å². The summed E-state index contributed by atoms with van der Waals surface area (Å²) in [4.78, 5) is 30.5. The van der Waals surface area contributed by atoms with Crippen molar-refractivity contribution in [3.05, 3.63) is 47.3 Å². The van der Waals surface area contributed by atoms with E-state index in [4.69, 9.17) is 4.52 Å². The molecule has 1 aromatic heterocycles. The second kappa shape index (κ2) is 8.14. The first-order valence-electron chi connectivity index (χ1n) is 9.90. The average Bonchev–Trinajstić information content (AvgIpc) is 3.31. The van der Waals surface area contributed by atoms with Gasteiger partial charge in [-0.3, -0.25) is 14.5 Å². The Morgan fingerprint density at radius 2 is 1.86 bits per heavy atom. The molecule has 7 nitrogen and oxygen atoms in total. The van der Waals surface area contributed by atoms with Crippen LogP contribution in [0.4, 0.5) is 5.69 Å². The standard InChI is InChI=1S/C21H26N4O3/c1-16-13-19(28-22-16)15-23-9-11-24(12-10-23)21(27)14-17-4-6-18(7-5-17)25-8-2-3-20(25)26/h4-7,13H,2-3,8-12,14-15H2,1H3. The lowest BCUT2D eigenvalue weighted by Gasteiger charge is -2.34. The van der Waals surface area contributed by atoms with Crippen molar-refractivity contribution >= 4 is 17.5 Å². The lowest BCUT2D eigenvalue weighted by atomic mass is 10.1. The van der Waals surface area contributed by atoms with Crippen LogP contribution in [0.25, 0.3) is 0 Å². The van der Waals surface area contributed by atoms with E-state index in [-0.39, 0.29) is 11.8 Å². The number of aryl methyl sites for hydroxylation is 1. The molecule has 2 aliphatic heterocycles. The van der Waals surface area contributed by atoms with Crippen molar-refractivity contribution in [3.63, 3.8) is 0 Å². The Labute approximate surface area is 164 Å². The number of aromatic nitrogens is 1. The van der Waals surface area contributed by atoms with Crippen LogP contribution in [0.3, 0.4) is 0 Å². The molecule has 2 aliphatic rings. The first kappa shape index (κ1) is 18.7. The molecule has 1 aromatic carbocycles. The molecule has 2 fully saturated rings. The molecule has 3 heterocycles. The van der Waals surface area contributed by atoms with Gasteiger partial charge >= 0.3 is 0 Å². The van der Waals surface area contributed by atoms with Gasteiger partial charge < -0.3 is 14.3 Å². The largest absolute Gasteiger partial charge is 0.360 e. The molecule has 2 amide bonds. The van der Waals surface area contributed by atoms with Gasteiger partial charge in [0.25, 0.3) is 0 Å². The van der Waals surface area contributed by atoms with E-state index in [2.05, 4.69) is 10.1 Å². The molecular formula is C21H26N4O3. The van der Waals surface area contributed by atoms with E-state index in [1.165, 1.54) is 0 Å². The van der Waals surface area contributed by atoms with Crippen LogP contribution in [-0.2, 0) is 22.6 Å². The van der Waals surface area contributed by atoms with Gasteiger partial charge in [-0.1, -0.05) is 17.3 Å². The van der Waals surface area contributed by atoms with Crippen LogP contribution in [0.15, 0.2) is 34.9 Å². The summed E-state index contributed by atoms with van der Waals surface area (Å²) >= 11 is 0. The number of carbonyl (C=O) groups is 2. The number of benzene rings is 1. The Bertz CT molecular complexity index is 838. The zero-order chi connectivity index (χ0) is 19.5. The normalized spacial score (nSPS) is 18.1. The van der Waals surface area contributed by atoms with Gasteiger partial charge in [0, 0.05) is 50.9 Å². The van der Waals surface area contributed by atoms with Gasteiger partial charge in [0.2, 0.25) is 11.8 Å². The Hall–Kier alpha value is -2.67. The van der Waals surface area contributed by atoms with Gasteiger partial charge in [0.1, 0.15) is 0 Å². The van der Waals surface area contributed by atoms with Crippen LogP contribution in [0.1, 0.15) is 29.9 Å². The first-order valence-corrected chi connectivity index (χ1v) is 9.90. The van der Waals surface area contributed by atoms with Crippen LogP contribution in [0.2, 0.25) is 0 Å². The molecule has 2 aromatic rings. The molecule has 7 heteroatoms. The maximum absolute atomic E-state index is 12.6. The summed E-state index contributed by atoms with van der Waals surface area (Å²) in [5.41, 5.74) is 2.80. The fourth-order valence-electron chi connectivity index (χ4n) is 3.87. The Morgan fingerprint density at radius 3 is 2.46 bits per heavy atom. The highest BCUT2D eigenvalue weighted by Gasteiger charge is 2.23. The molecule has 0 N–H and O–H groups in total. The van der Waals surface area contributed by atoms with Crippen LogP contribution >= 0.6 is 0 Å². The molecular weight excluding hydrogens is 356 g/mol. The van der Waals surface area contributed by atoms with Crippen LogP contribution in [0.5, 0.6) is 0 Å². The number of hydrogen-bond donors (Lipinski definition) is 0. The molecule has 0 bridgehead atoms. The minimum absolute atomic E-state index is 0.153. The van der Waals surface area contributed by atoms with E-state index in [9.17, 15) is 9.59 Å². The minimum atomic E-state index is 0.153. The van der Waals surface area contributed by atoms with E-state index in [0.717, 1.165) is 68.4 Å². The van der Waals surface area contributed by atoms with E-state index in [0.29, 0.717) is 12.8 Å². The lowest BCUT2D eigenvalue weighted by molar-refractivity contribution is -0.132. The summed E-state index contributed by atoms with van der Waals surface area (Å²) in [5, 5.41) is 3.92. The van der Waals surface area contributed by atoms with E-state index in [1.54, 1.807) is 0 Å². The predicted octanol–water partition coefficient (Wildman–Crippen LogP) is 2.00. The number of hydrogen-bond acceptors (Lipinski definition) is 5. The maximum Gasteiger partial charge on any atom is 0.227 e. The van der Waals surface area contributed by atoms with Crippen molar-refractivity contribution in [2.75, 3.05) is 37.6 Å². The van der Waals surface area contributed by atoms with Gasteiger partial charge in [-0.05, 0) is 31.0 Å². The van der Waals surface area contributed by atoms with Crippen molar-refractivity contribution in [2.45, 2.75) is 32.7 Å². The lowest BCUT2D eigenvalue weighted by Crippen LogP contribution is -2.48. The summed E-state index contributed by atoms with van der Waals surface area (Å²) < 4.78 is 5.28. The van der Waals surface area contributed by atoms with Crippen molar-refractivity contribution in [2.24, 2.45) is 0 Å². The van der Waals surface area contributed by atoms with Crippen LogP contribution in [-0.4, -0.2) is 59.5 Å². The fourth-order valence-corrected chi connectivity index (χ4v) is 3.87. The average molecular weight is 382 g/mol. The molecule has 0 radical (unpaired) electrons. The topological polar surface area (TPSA) is 69.9 Å². The summed E-state index contributed by atoms with van der Waals surface area (Å²) in [6, 6.07) is 9.77. The van der Waals surface area contributed by atoms with Gasteiger partial charge in [-0.2, -0.15) is 0 Å². The molecule has 28 heavy (non-hydrogen) atoms. The SMILES string of the molecule is Cc1cc(CN2CCN(C(=O)Cc3ccc(N4CCCC4=O)cc3)CC2)on1. The maximum atomic E-state index is 12.6. The van der Waals surface area contributed by atoms with Gasteiger partial charge in [0.15, 0.2) is 5.76 Å². The smallest absolute Gasteiger partial charge is 0.227 e. The zero-order valence-electron chi connectivity index (χ0n) is 16.3. The molecule has 0 unspecified atom stereocenters. The fraction of sp³-hybridized carbons (Fsp3) is 0.476. The summed E-state index contributed by atoms with van der Waals surface area (Å²) in [6.07, 6.45) is 1.94. The molecule has 0 aliphatic carbocycles. The van der Waals surface area contributed by atoms with Crippen LogP contribution < -0.4 is 4.90 Å². The molecule has 0 spiro atoms. The summed E-state index contributed by atoms with van der Waals surface area (Å²) in [6.45, 7) is 6.56. The molecule has 0 atom stereocenters. The number of carbonyl (C=O) groups excluding carboxylic acids is 2. The molecule has 4 rings (SSSR count). The highest BCUT2D eigenvalue weighted by Crippen LogP contribution is 2.22. The van der Waals surface area contributed by atoms with Gasteiger partial charge in [0.05, 0.1) is 18.7 Å². The molecule has 148 valence electrons. The second-order valence-electron chi connectivity index (χ2n) is 7.58. The molecule has 0 saturated carbocycles. The number of amides is 2. The number of nitrogens with zero attached hydrogens (tertiary/aromatic N) is 4. The van der Waals surface area contributed by atoms with Gasteiger partial charge in [-0.25, -0.2) is 0 Å². The van der Waals surface area contributed by atoms with Crippen molar-refractivity contribution in [1.29, 1.82) is 0 Å². The van der Waals surface area contributed by atoms with Gasteiger partial charge in [-0.15, -0.1) is 0 Å². The Kier molecular flexibility index (Phi) is 5.43. The first-order chi connectivity index (χ1) is 13.6. The van der Waals surface area contributed by atoms with E-state index in [1.807, 2.05) is 47.1 Å². The number of piperazine rings is 1. The zero-order valence-corrected chi connectivity index (χ0v) is 16.3. The van der Waals surface area contributed by atoms with Crippen molar-refractivity contribution < 1.29 is 14.1 Å². The summed E-state index contributed by atoms with van der Waals surface area (Å²) in [5.74, 6) is 1.20. The number of rotatable bonds is 5. The highest BCUT2D eigenvalue weighted by molar-refractivity contribution is 5.95. The third kappa shape index (κ3) is 4.25. The second-order valence-corrected chi connectivity index (χ2v) is 7.58. The Balaban J connectivity index is 1.27. The Morgan fingerprint density at radius 1 is 1.11 bits per heavy atom. The van der Waals surface area contributed by atoms with E-state index >= 15 is 0 Å². The van der Waals surface area contributed by atoms with Crippen molar-refractivity contribution in [3.8, 4) is 0 Å². The quantitative estimate of drug-likeness (QED) is 0.791. The van der Waals surface area contributed by atoms with Crippen LogP contribution in [0, 0.1) is 6.92 Å².